The minimum absolute atomic E-state index is 0.00900. The topological polar surface area (TPSA) is 41.1 Å². The largest absolute Gasteiger partial charge is 0.322 e. The molecule has 1 amide bonds. The van der Waals surface area contributed by atoms with E-state index in [1.807, 2.05) is 0 Å². The number of rotatable bonds is 7. The summed E-state index contributed by atoms with van der Waals surface area (Å²) in [5, 5.41) is 5.67. The SMILES string of the molecule is CCc1ccc([C@@H](NCC(=O)Nc2ccc(F)cc2F)C(C)C)cc1. The molecule has 0 fully saturated rings. The molecule has 0 aliphatic heterocycles. The highest BCUT2D eigenvalue weighted by atomic mass is 19.1. The number of benzene rings is 2. The first-order valence-electron chi connectivity index (χ1n) is 8.47. The third-order valence-corrected chi connectivity index (χ3v) is 4.10. The molecule has 3 nitrogen and oxygen atoms in total. The van der Waals surface area contributed by atoms with E-state index in [4.69, 9.17) is 0 Å². The second kappa shape index (κ2) is 8.72. The highest BCUT2D eigenvalue weighted by Gasteiger charge is 2.17. The van der Waals surface area contributed by atoms with E-state index in [-0.39, 0.29) is 30.1 Å². The van der Waals surface area contributed by atoms with Crippen molar-refractivity contribution in [3.8, 4) is 0 Å². The lowest BCUT2D eigenvalue weighted by Gasteiger charge is -2.23. The summed E-state index contributed by atoms with van der Waals surface area (Å²) >= 11 is 0. The summed E-state index contributed by atoms with van der Waals surface area (Å²) in [6, 6.07) is 11.4. The quantitative estimate of drug-likeness (QED) is 0.777. The zero-order chi connectivity index (χ0) is 18.4. The van der Waals surface area contributed by atoms with Gasteiger partial charge in [0.15, 0.2) is 0 Å². The van der Waals surface area contributed by atoms with Crippen molar-refractivity contribution in [1.82, 2.24) is 5.32 Å². The fraction of sp³-hybridized carbons (Fsp3) is 0.350. The Labute approximate surface area is 147 Å². The lowest BCUT2D eigenvalue weighted by Crippen LogP contribution is -2.33. The molecule has 2 N–H and O–H groups in total. The van der Waals surface area contributed by atoms with Gasteiger partial charge in [0.05, 0.1) is 12.2 Å². The summed E-state index contributed by atoms with van der Waals surface area (Å²) in [7, 11) is 0. The number of hydrogen-bond acceptors (Lipinski definition) is 2. The van der Waals surface area contributed by atoms with E-state index in [9.17, 15) is 13.6 Å². The Morgan fingerprint density at radius 2 is 1.76 bits per heavy atom. The van der Waals surface area contributed by atoms with Crippen LogP contribution in [-0.2, 0) is 11.2 Å². The minimum Gasteiger partial charge on any atom is -0.322 e. The number of aryl methyl sites for hydroxylation is 1. The van der Waals surface area contributed by atoms with Crippen molar-refractivity contribution in [3.63, 3.8) is 0 Å². The van der Waals surface area contributed by atoms with E-state index in [2.05, 4.69) is 55.7 Å². The smallest absolute Gasteiger partial charge is 0.238 e. The van der Waals surface area contributed by atoms with Gasteiger partial charge >= 0.3 is 0 Å². The molecule has 0 bridgehead atoms. The van der Waals surface area contributed by atoms with E-state index in [1.165, 1.54) is 11.6 Å². The van der Waals surface area contributed by atoms with Crippen molar-refractivity contribution in [2.24, 2.45) is 5.92 Å². The van der Waals surface area contributed by atoms with Gasteiger partial charge in [-0.2, -0.15) is 0 Å². The second-order valence-corrected chi connectivity index (χ2v) is 6.37. The van der Waals surface area contributed by atoms with E-state index in [0.717, 1.165) is 24.1 Å². The standard InChI is InChI=1S/C20H24F2N2O/c1-4-14-5-7-15(8-6-14)20(13(2)3)23-12-19(25)24-18-10-9-16(21)11-17(18)22/h5-11,13,20,23H,4,12H2,1-3H3,(H,24,25)/t20-/m0/s1. The van der Waals surface area contributed by atoms with Crippen LogP contribution in [0.4, 0.5) is 14.5 Å². The normalized spacial score (nSPS) is 12.2. The summed E-state index contributed by atoms with van der Waals surface area (Å²) in [6.45, 7) is 6.28. The van der Waals surface area contributed by atoms with Crippen LogP contribution in [0.2, 0.25) is 0 Å². The molecule has 0 spiro atoms. The lowest BCUT2D eigenvalue weighted by atomic mass is 9.95. The molecule has 0 aliphatic rings. The summed E-state index contributed by atoms with van der Waals surface area (Å²) in [4.78, 5) is 12.1. The van der Waals surface area contributed by atoms with Crippen molar-refractivity contribution in [2.45, 2.75) is 33.2 Å². The van der Waals surface area contributed by atoms with Gasteiger partial charge in [-0.3, -0.25) is 4.79 Å². The molecule has 134 valence electrons. The number of carbonyl (C=O) groups excluding carboxylic acids is 1. The summed E-state index contributed by atoms with van der Waals surface area (Å²) in [5.74, 6) is -1.56. The van der Waals surface area contributed by atoms with Gasteiger partial charge in [0.2, 0.25) is 5.91 Å². The highest BCUT2D eigenvalue weighted by molar-refractivity contribution is 5.92. The van der Waals surface area contributed by atoms with Crippen LogP contribution in [0, 0.1) is 17.6 Å². The Hall–Kier alpha value is -2.27. The van der Waals surface area contributed by atoms with Gasteiger partial charge in [-0.25, -0.2) is 8.78 Å². The van der Waals surface area contributed by atoms with E-state index < -0.39 is 11.6 Å². The maximum atomic E-state index is 13.6. The monoisotopic (exact) mass is 346 g/mol. The van der Waals surface area contributed by atoms with Crippen LogP contribution >= 0.6 is 0 Å². The molecule has 2 aromatic carbocycles. The molecule has 0 saturated carbocycles. The summed E-state index contributed by atoms with van der Waals surface area (Å²) in [5.41, 5.74) is 2.34. The molecule has 0 saturated heterocycles. The summed E-state index contributed by atoms with van der Waals surface area (Å²) < 4.78 is 26.5. The Morgan fingerprint density at radius 1 is 1.08 bits per heavy atom. The van der Waals surface area contributed by atoms with E-state index in [1.54, 1.807) is 0 Å². The predicted octanol–water partition coefficient (Wildman–Crippen LogP) is 4.45. The first-order chi connectivity index (χ1) is 11.9. The van der Waals surface area contributed by atoms with Gasteiger partial charge in [0.1, 0.15) is 11.6 Å². The van der Waals surface area contributed by atoms with E-state index >= 15 is 0 Å². The second-order valence-electron chi connectivity index (χ2n) is 6.37. The molecule has 1 atom stereocenters. The zero-order valence-electron chi connectivity index (χ0n) is 14.8. The number of nitrogens with one attached hydrogen (secondary N) is 2. The van der Waals surface area contributed by atoms with Gasteiger partial charge in [0, 0.05) is 12.1 Å². The predicted molar refractivity (Wildman–Crippen MR) is 96.4 cm³/mol. The van der Waals surface area contributed by atoms with Gasteiger partial charge in [-0.05, 0) is 35.6 Å². The Morgan fingerprint density at radius 3 is 2.32 bits per heavy atom. The van der Waals surface area contributed by atoms with Crippen LogP contribution in [0.25, 0.3) is 0 Å². The van der Waals surface area contributed by atoms with Gasteiger partial charge in [-0.15, -0.1) is 0 Å². The molecular formula is C20H24F2N2O. The number of carbonyl (C=O) groups is 1. The molecule has 5 heteroatoms. The molecule has 0 aromatic heterocycles. The first kappa shape index (κ1) is 19.1. The van der Waals surface area contributed by atoms with Crippen molar-refractivity contribution in [2.75, 3.05) is 11.9 Å². The number of anilines is 1. The van der Waals surface area contributed by atoms with Crippen LogP contribution in [0.15, 0.2) is 42.5 Å². The lowest BCUT2D eigenvalue weighted by molar-refractivity contribution is -0.115. The van der Waals surface area contributed by atoms with Crippen LogP contribution < -0.4 is 10.6 Å². The maximum Gasteiger partial charge on any atom is 0.238 e. The maximum absolute atomic E-state index is 13.6. The Balaban J connectivity index is 1.99. The average Bonchev–Trinajstić information content (AvgIpc) is 2.58. The average molecular weight is 346 g/mol. The van der Waals surface area contributed by atoms with Crippen LogP contribution in [0.3, 0.4) is 0 Å². The van der Waals surface area contributed by atoms with Gasteiger partial charge < -0.3 is 10.6 Å². The Kier molecular flexibility index (Phi) is 6.65. The number of amides is 1. The van der Waals surface area contributed by atoms with Crippen LogP contribution in [-0.4, -0.2) is 12.5 Å². The molecule has 0 heterocycles. The van der Waals surface area contributed by atoms with Crippen molar-refractivity contribution >= 4 is 11.6 Å². The van der Waals surface area contributed by atoms with Gasteiger partial charge in [-0.1, -0.05) is 45.0 Å². The molecule has 25 heavy (non-hydrogen) atoms. The fourth-order valence-corrected chi connectivity index (χ4v) is 2.69. The molecular weight excluding hydrogens is 322 g/mol. The third kappa shape index (κ3) is 5.36. The van der Waals surface area contributed by atoms with Crippen molar-refractivity contribution in [1.29, 1.82) is 0 Å². The van der Waals surface area contributed by atoms with E-state index in [0.29, 0.717) is 0 Å². The first-order valence-corrected chi connectivity index (χ1v) is 8.47. The summed E-state index contributed by atoms with van der Waals surface area (Å²) in [6.07, 6.45) is 0.978. The molecule has 2 rings (SSSR count). The molecule has 0 aliphatic carbocycles. The fourth-order valence-electron chi connectivity index (χ4n) is 2.69. The number of halogens is 2. The van der Waals surface area contributed by atoms with Crippen molar-refractivity contribution < 1.29 is 13.6 Å². The zero-order valence-corrected chi connectivity index (χ0v) is 14.8. The van der Waals surface area contributed by atoms with Gasteiger partial charge in [0.25, 0.3) is 0 Å². The minimum atomic E-state index is -0.788. The number of hydrogen-bond donors (Lipinski definition) is 2. The van der Waals surface area contributed by atoms with Crippen LogP contribution in [0.5, 0.6) is 0 Å². The third-order valence-electron chi connectivity index (χ3n) is 4.10. The molecule has 2 aromatic rings. The van der Waals surface area contributed by atoms with Crippen molar-refractivity contribution in [3.05, 3.63) is 65.2 Å². The molecule has 0 unspecified atom stereocenters. The van der Waals surface area contributed by atoms with Crippen LogP contribution in [0.1, 0.15) is 37.9 Å². The Bertz CT molecular complexity index is 714. The highest BCUT2D eigenvalue weighted by Crippen LogP contribution is 2.22. The molecule has 0 radical (unpaired) electrons.